The van der Waals surface area contributed by atoms with Gasteiger partial charge in [0.1, 0.15) is 5.82 Å². The third-order valence-corrected chi connectivity index (χ3v) is 5.38. The van der Waals surface area contributed by atoms with Crippen LogP contribution in [0.3, 0.4) is 0 Å². The highest BCUT2D eigenvalue weighted by molar-refractivity contribution is 5.91. The smallest absolute Gasteiger partial charge is 0.150 e. The third kappa shape index (κ3) is 3.84. The van der Waals surface area contributed by atoms with Crippen LogP contribution in [0.2, 0.25) is 0 Å². The topological polar surface area (TPSA) is 52.0 Å². The van der Waals surface area contributed by atoms with Crippen molar-refractivity contribution in [3.05, 3.63) is 84.2 Å². The molecule has 1 unspecified atom stereocenters. The first-order chi connectivity index (χ1) is 14.9. The van der Waals surface area contributed by atoms with E-state index in [1.165, 1.54) is 6.42 Å². The second-order valence-corrected chi connectivity index (χ2v) is 7.43. The molecule has 0 spiro atoms. The molecule has 5 nitrogen and oxygen atoms in total. The number of nitrogens with zero attached hydrogens (tertiary/aromatic N) is 3. The van der Waals surface area contributed by atoms with Gasteiger partial charge in [0.25, 0.3) is 0 Å². The highest BCUT2D eigenvalue weighted by atomic mass is 16.5. The average Bonchev–Trinajstić information content (AvgIpc) is 3.19. The van der Waals surface area contributed by atoms with E-state index in [0.29, 0.717) is 0 Å². The van der Waals surface area contributed by atoms with E-state index in [9.17, 15) is 0 Å². The Hall–Kier alpha value is -3.44. The first kappa shape index (κ1) is 18.6. The molecular formula is C25H24N4O. The van der Waals surface area contributed by atoms with Gasteiger partial charge in [-0.25, -0.2) is 9.67 Å². The number of para-hydroxylation sites is 2. The summed E-state index contributed by atoms with van der Waals surface area (Å²) in [5.74, 6) is 0.822. The van der Waals surface area contributed by atoms with Crippen molar-refractivity contribution in [3.63, 3.8) is 0 Å². The molecule has 150 valence electrons. The third-order valence-electron chi connectivity index (χ3n) is 5.38. The lowest BCUT2D eigenvalue weighted by Crippen LogP contribution is -2.19. The number of hydrogen-bond donors (Lipinski definition) is 1. The molecular weight excluding hydrogens is 372 g/mol. The summed E-state index contributed by atoms with van der Waals surface area (Å²) in [5.41, 5.74) is 4.15. The number of fused-ring (bicyclic) bond motifs is 1. The van der Waals surface area contributed by atoms with Crippen molar-refractivity contribution in [1.29, 1.82) is 0 Å². The minimum atomic E-state index is 0.0175. The Morgan fingerprint density at radius 1 is 0.933 bits per heavy atom. The fraction of sp³-hybridized carbons (Fsp3) is 0.200. The second kappa shape index (κ2) is 8.51. The minimum Gasteiger partial charge on any atom is -0.356 e. The molecule has 2 aromatic heterocycles. The minimum absolute atomic E-state index is 0.0175. The molecule has 0 bridgehead atoms. The molecule has 0 aliphatic carbocycles. The highest BCUT2D eigenvalue weighted by Crippen LogP contribution is 2.29. The van der Waals surface area contributed by atoms with Crippen LogP contribution in [-0.4, -0.2) is 21.4 Å². The van der Waals surface area contributed by atoms with E-state index in [4.69, 9.17) is 9.84 Å². The van der Waals surface area contributed by atoms with E-state index in [-0.39, 0.29) is 6.23 Å². The monoisotopic (exact) mass is 396 g/mol. The summed E-state index contributed by atoms with van der Waals surface area (Å²) in [4.78, 5) is 4.36. The molecule has 5 rings (SSSR count). The summed E-state index contributed by atoms with van der Waals surface area (Å²) in [5, 5.41) is 9.45. The number of hydrogen-bond acceptors (Lipinski definition) is 4. The number of rotatable bonds is 5. The van der Waals surface area contributed by atoms with Crippen LogP contribution in [0.4, 0.5) is 11.5 Å². The van der Waals surface area contributed by atoms with Gasteiger partial charge in [-0.3, -0.25) is 0 Å². The quantitative estimate of drug-likeness (QED) is 0.446. The van der Waals surface area contributed by atoms with E-state index >= 15 is 0 Å². The summed E-state index contributed by atoms with van der Waals surface area (Å²) in [6, 6.07) is 22.4. The lowest BCUT2D eigenvalue weighted by Gasteiger charge is -2.23. The molecule has 1 aliphatic rings. The molecule has 1 saturated heterocycles. The molecule has 1 N–H and O–H groups in total. The van der Waals surface area contributed by atoms with E-state index in [0.717, 1.165) is 53.1 Å². The molecule has 30 heavy (non-hydrogen) atoms. The standard InChI is InChI=1S/C25H24N4O/c1-3-11-21(27-24-13-5-7-17-26-24)19(9-1)15-16-22-20-10-2-4-12-23(20)29(28-22)25-14-6-8-18-30-25/h1-5,7,9-13,15-17,25H,6,8,14,18H2,(H,26,27). The largest absolute Gasteiger partial charge is 0.356 e. The van der Waals surface area contributed by atoms with Crippen LogP contribution in [-0.2, 0) is 4.74 Å². The number of pyridine rings is 1. The Labute approximate surface area is 176 Å². The predicted octanol–water partition coefficient (Wildman–Crippen LogP) is 6.04. The van der Waals surface area contributed by atoms with Crippen LogP contribution < -0.4 is 5.32 Å². The highest BCUT2D eigenvalue weighted by Gasteiger charge is 2.20. The lowest BCUT2D eigenvalue weighted by atomic mass is 10.1. The van der Waals surface area contributed by atoms with Gasteiger partial charge in [0.05, 0.1) is 11.2 Å². The van der Waals surface area contributed by atoms with Crippen molar-refractivity contribution < 1.29 is 4.74 Å². The molecule has 1 atom stereocenters. The lowest BCUT2D eigenvalue weighted by molar-refractivity contribution is -0.0367. The van der Waals surface area contributed by atoms with Crippen molar-refractivity contribution in [2.75, 3.05) is 11.9 Å². The molecule has 1 aliphatic heterocycles. The SMILES string of the molecule is C(=Cc1nn(C2CCCCO2)c2ccccc12)c1ccccc1Nc1ccccn1. The fourth-order valence-electron chi connectivity index (χ4n) is 3.87. The maximum atomic E-state index is 5.99. The number of benzene rings is 2. The van der Waals surface area contributed by atoms with Gasteiger partial charge in [-0.05, 0) is 55.2 Å². The molecule has 5 heteroatoms. The Bertz CT molecular complexity index is 1160. The van der Waals surface area contributed by atoms with Crippen molar-refractivity contribution in [2.24, 2.45) is 0 Å². The summed E-state index contributed by atoms with van der Waals surface area (Å²) in [7, 11) is 0. The average molecular weight is 396 g/mol. The van der Waals surface area contributed by atoms with Gasteiger partial charge >= 0.3 is 0 Å². The Kier molecular flexibility index (Phi) is 5.27. The Balaban J connectivity index is 1.48. The normalized spacial score (nSPS) is 16.9. The van der Waals surface area contributed by atoms with Crippen LogP contribution in [0.1, 0.15) is 36.7 Å². The summed E-state index contributed by atoms with van der Waals surface area (Å²) in [6.07, 6.45) is 9.30. The molecule has 0 amide bonds. The van der Waals surface area contributed by atoms with Crippen molar-refractivity contribution in [1.82, 2.24) is 14.8 Å². The van der Waals surface area contributed by atoms with E-state index < -0.39 is 0 Å². The van der Waals surface area contributed by atoms with Crippen LogP contribution in [0.25, 0.3) is 23.1 Å². The van der Waals surface area contributed by atoms with Crippen LogP contribution >= 0.6 is 0 Å². The molecule has 2 aromatic carbocycles. The number of aromatic nitrogens is 3. The van der Waals surface area contributed by atoms with Crippen LogP contribution in [0.15, 0.2) is 72.9 Å². The first-order valence-electron chi connectivity index (χ1n) is 10.4. The Morgan fingerprint density at radius 3 is 2.67 bits per heavy atom. The number of nitrogens with one attached hydrogen (secondary N) is 1. The van der Waals surface area contributed by atoms with E-state index in [2.05, 4.69) is 58.9 Å². The molecule has 3 heterocycles. The maximum absolute atomic E-state index is 5.99. The van der Waals surface area contributed by atoms with Crippen LogP contribution in [0.5, 0.6) is 0 Å². The van der Waals surface area contributed by atoms with Gasteiger partial charge < -0.3 is 10.1 Å². The van der Waals surface area contributed by atoms with Gasteiger partial charge in [0.2, 0.25) is 0 Å². The molecule has 0 radical (unpaired) electrons. The van der Waals surface area contributed by atoms with Crippen molar-refractivity contribution >= 4 is 34.6 Å². The predicted molar refractivity (Wildman–Crippen MR) is 121 cm³/mol. The van der Waals surface area contributed by atoms with Gasteiger partial charge in [0.15, 0.2) is 6.23 Å². The van der Waals surface area contributed by atoms with Gasteiger partial charge in [0, 0.05) is 23.9 Å². The summed E-state index contributed by atoms with van der Waals surface area (Å²) < 4.78 is 8.04. The van der Waals surface area contributed by atoms with Gasteiger partial charge in [-0.2, -0.15) is 5.10 Å². The van der Waals surface area contributed by atoms with Crippen LogP contribution in [0, 0.1) is 0 Å². The summed E-state index contributed by atoms with van der Waals surface area (Å²) >= 11 is 0. The Morgan fingerprint density at radius 2 is 1.80 bits per heavy atom. The fourth-order valence-corrected chi connectivity index (χ4v) is 3.87. The second-order valence-electron chi connectivity index (χ2n) is 7.43. The molecule has 1 fully saturated rings. The zero-order chi connectivity index (χ0) is 20.2. The number of ether oxygens (including phenoxy) is 1. The van der Waals surface area contributed by atoms with E-state index in [1.807, 2.05) is 35.0 Å². The van der Waals surface area contributed by atoms with Gasteiger partial charge in [-0.1, -0.05) is 48.5 Å². The van der Waals surface area contributed by atoms with E-state index in [1.54, 1.807) is 6.20 Å². The molecule has 0 saturated carbocycles. The van der Waals surface area contributed by atoms with Crippen molar-refractivity contribution in [3.8, 4) is 0 Å². The van der Waals surface area contributed by atoms with Gasteiger partial charge in [-0.15, -0.1) is 0 Å². The zero-order valence-corrected chi connectivity index (χ0v) is 16.7. The van der Waals surface area contributed by atoms with Crippen molar-refractivity contribution in [2.45, 2.75) is 25.5 Å². The molecule has 4 aromatic rings. The first-order valence-corrected chi connectivity index (χ1v) is 10.4. The maximum Gasteiger partial charge on any atom is 0.150 e. The summed E-state index contributed by atoms with van der Waals surface area (Å²) in [6.45, 7) is 0.802. The zero-order valence-electron chi connectivity index (χ0n) is 16.7. The number of anilines is 2.